The van der Waals surface area contributed by atoms with E-state index in [1.54, 1.807) is 19.1 Å². The maximum absolute atomic E-state index is 12.8. The summed E-state index contributed by atoms with van der Waals surface area (Å²) < 4.78 is 29.3. The molecule has 0 amide bonds. The SMILES string of the molecule is CC[C@H]1CCCCN1C[C@@H](O)CN.CC[C@H]1CCCCN1C[C@@H](O)CNS(=O)(=O)c1sc2ccc(Cl)cc2c1C. The van der Waals surface area contributed by atoms with E-state index in [9.17, 15) is 18.6 Å². The molecule has 0 spiro atoms. The fourth-order valence-corrected chi connectivity index (χ4v) is 8.94. The van der Waals surface area contributed by atoms with Crippen LogP contribution in [0.15, 0.2) is 22.4 Å². The zero-order chi connectivity index (χ0) is 29.3. The zero-order valence-corrected chi connectivity index (χ0v) is 26.7. The molecular formula is C29H49ClN4O4S2. The van der Waals surface area contributed by atoms with Crippen molar-refractivity contribution in [3.63, 3.8) is 0 Å². The largest absolute Gasteiger partial charge is 0.390 e. The maximum atomic E-state index is 12.8. The van der Waals surface area contributed by atoms with Crippen LogP contribution < -0.4 is 10.5 Å². The van der Waals surface area contributed by atoms with Gasteiger partial charge in [-0.25, -0.2) is 13.1 Å². The minimum absolute atomic E-state index is 0.0176. The second kappa shape index (κ2) is 16.1. The van der Waals surface area contributed by atoms with Crippen molar-refractivity contribution in [2.45, 2.75) is 101 Å². The number of β-amino-alcohol motifs (C(OH)–C–C–N with tert-alkyl or cyclic N) is 2. The van der Waals surface area contributed by atoms with E-state index < -0.39 is 16.1 Å². The average molecular weight is 617 g/mol. The number of nitrogens with one attached hydrogen (secondary N) is 1. The first kappa shape index (κ1) is 33.7. The van der Waals surface area contributed by atoms with E-state index >= 15 is 0 Å². The lowest BCUT2D eigenvalue weighted by Crippen LogP contribution is -2.46. The van der Waals surface area contributed by atoms with Gasteiger partial charge in [-0.2, -0.15) is 0 Å². The van der Waals surface area contributed by atoms with Gasteiger partial charge in [0.15, 0.2) is 0 Å². The van der Waals surface area contributed by atoms with E-state index in [1.807, 2.05) is 6.07 Å². The van der Waals surface area contributed by atoms with Gasteiger partial charge in [0.05, 0.1) is 12.2 Å². The lowest BCUT2D eigenvalue weighted by atomic mass is 9.99. The van der Waals surface area contributed by atoms with Gasteiger partial charge >= 0.3 is 0 Å². The highest BCUT2D eigenvalue weighted by molar-refractivity contribution is 7.91. The quantitative estimate of drug-likeness (QED) is 0.297. The topological polar surface area (TPSA) is 119 Å². The molecule has 2 saturated heterocycles. The van der Waals surface area contributed by atoms with Crippen LogP contribution in [0.2, 0.25) is 5.02 Å². The van der Waals surface area contributed by atoms with Crippen molar-refractivity contribution in [1.29, 1.82) is 0 Å². The second-order valence-electron chi connectivity index (χ2n) is 11.2. The molecule has 4 atom stereocenters. The number of sulfonamides is 1. The molecule has 5 N–H and O–H groups in total. The smallest absolute Gasteiger partial charge is 0.250 e. The molecule has 2 aromatic rings. The number of aliphatic hydroxyl groups is 2. The molecule has 4 rings (SSSR count). The second-order valence-corrected chi connectivity index (χ2v) is 14.6. The van der Waals surface area contributed by atoms with Crippen molar-refractivity contribution in [3.05, 3.63) is 28.8 Å². The van der Waals surface area contributed by atoms with E-state index in [0.29, 0.717) is 35.8 Å². The lowest BCUT2D eigenvalue weighted by Gasteiger charge is -2.36. The summed E-state index contributed by atoms with van der Waals surface area (Å²) in [5, 5.41) is 21.3. The normalized spacial score (nSPS) is 22.6. The summed E-state index contributed by atoms with van der Waals surface area (Å²) in [5.74, 6) is 0. The summed E-state index contributed by atoms with van der Waals surface area (Å²) in [6.07, 6.45) is 8.60. The molecule has 0 radical (unpaired) electrons. The highest BCUT2D eigenvalue weighted by atomic mass is 35.5. The van der Waals surface area contributed by atoms with Gasteiger partial charge in [0.1, 0.15) is 4.21 Å². The van der Waals surface area contributed by atoms with Gasteiger partial charge in [0, 0.05) is 48.0 Å². The minimum atomic E-state index is -3.67. The fraction of sp³-hybridized carbons (Fsp3) is 0.724. The van der Waals surface area contributed by atoms with Crippen LogP contribution in [0.4, 0.5) is 0 Å². The van der Waals surface area contributed by atoms with Crippen molar-refractivity contribution in [1.82, 2.24) is 14.5 Å². The summed E-state index contributed by atoms with van der Waals surface area (Å²) in [6.45, 7) is 9.94. The van der Waals surface area contributed by atoms with Gasteiger partial charge in [0.25, 0.3) is 0 Å². The Morgan fingerprint density at radius 1 is 1.02 bits per heavy atom. The Labute approximate surface area is 249 Å². The first-order valence-electron chi connectivity index (χ1n) is 14.8. The molecule has 0 unspecified atom stereocenters. The molecule has 40 heavy (non-hydrogen) atoms. The summed E-state index contributed by atoms with van der Waals surface area (Å²) in [6, 6.07) is 6.55. The maximum Gasteiger partial charge on any atom is 0.250 e. The predicted octanol–water partition coefficient (Wildman–Crippen LogP) is 4.34. The first-order chi connectivity index (χ1) is 19.1. The first-order valence-corrected chi connectivity index (χ1v) is 17.5. The number of hydrogen-bond donors (Lipinski definition) is 4. The number of rotatable bonds is 11. The van der Waals surface area contributed by atoms with Crippen molar-refractivity contribution < 1.29 is 18.6 Å². The van der Waals surface area contributed by atoms with Gasteiger partial charge in [-0.3, -0.25) is 9.80 Å². The Balaban J connectivity index is 0.000000285. The molecule has 2 aliphatic heterocycles. The molecule has 228 valence electrons. The molecule has 0 saturated carbocycles. The molecule has 2 aliphatic rings. The number of benzene rings is 1. The number of halogens is 1. The average Bonchev–Trinajstić information content (AvgIpc) is 3.29. The predicted molar refractivity (Wildman–Crippen MR) is 167 cm³/mol. The van der Waals surface area contributed by atoms with E-state index in [-0.39, 0.29) is 16.9 Å². The van der Waals surface area contributed by atoms with Crippen molar-refractivity contribution in [3.8, 4) is 0 Å². The third-order valence-electron chi connectivity index (χ3n) is 8.21. The van der Waals surface area contributed by atoms with Crippen LogP contribution in [0.1, 0.15) is 70.8 Å². The van der Waals surface area contributed by atoms with E-state index in [0.717, 1.165) is 49.0 Å². The van der Waals surface area contributed by atoms with Crippen molar-refractivity contribution >= 4 is 43.0 Å². The Morgan fingerprint density at radius 2 is 1.60 bits per heavy atom. The van der Waals surface area contributed by atoms with Gasteiger partial charge in [-0.15, -0.1) is 11.3 Å². The van der Waals surface area contributed by atoms with Gasteiger partial charge < -0.3 is 15.9 Å². The number of aliphatic hydroxyl groups excluding tert-OH is 2. The van der Waals surface area contributed by atoms with Crippen LogP contribution >= 0.6 is 22.9 Å². The summed E-state index contributed by atoms with van der Waals surface area (Å²) in [7, 11) is -3.67. The van der Waals surface area contributed by atoms with Crippen LogP contribution in [-0.2, 0) is 10.0 Å². The Hall–Kier alpha value is -0.820. The molecule has 8 nitrogen and oxygen atoms in total. The molecule has 0 bridgehead atoms. The summed E-state index contributed by atoms with van der Waals surface area (Å²) in [4.78, 5) is 4.68. The van der Waals surface area contributed by atoms with Crippen molar-refractivity contribution in [2.24, 2.45) is 5.73 Å². The van der Waals surface area contributed by atoms with Gasteiger partial charge in [0.2, 0.25) is 10.0 Å². The third kappa shape index (κ3) is 9.34. The van der Waals surface area contributed by atoms with E-state index in [1.165, 1.54) is 43.4 Å². The van der Waals surface area contributed by atoms with Crippen LogP contribution in [0.5, 0.6) is 0 Å². The number of likely N-dealkylation sites (tertiary alicyclic amines) is 2. The number of thiophene rings is 1. The van der Waals surface area contributed by atoms with E-state index in [2.05, 4.69) is 28.4 Å². The molecule has 1 aromatic heterocycles. The van der Waals surface area contributed by atoms with Crippen LogP contribution in [-0.4, -0.2) is 92.0 Å². The highest BCUT2D eigenvalue weighted by Gasteiger charge is 2.26. The molecule has 11 heteroatoms. The van der Waals surface area contributed by atoms with Crippen molar-refractivity contribution in [2.75, 3.05) is 39.3 Å². The standard InChI is InChI=1S/C19H27ClN2O3S2.C10H22N2O/c1-3-15-6-4-5-9-22(15)12-16(23)11-21-27(24,25)19-13(2)17-10-14(20)7-8-18(17)26-19;1-2-9-5-3-4-6-12(9)8-10(13)7-11/h7-8,10,15-16,21,23H,3-6,9,11-12H2,1-2H3;9-10,13H,2-8,11H2,1H3/t15-,16-;9-,10-/m00/s1. The summed E-state index contributed by atoms with van der Waals surface area (Å²) >= 11 is 7.26. The molecule has 2 fully saturated rings. The van der Waals surface area contributed by atoms with Crippen LogP contribution in [0, 0.1) is 6.92 Å². The Kier molecular flexibility index (Phi) is 13.6. The highest BCUT2D eigenvalue weighted by Crippen LogP contribution is 2.35. The number of nitrogens with zero attached hydrogens (tertiary/aromatic N) is 2. The number of hydrogen-bond acceptors (Lipinski definition) is 8. The molecule has 3 heterocycles. The minimum Gasteiger partial charge on any atom is -0.390 e. The van der Waals surface area contributed by atoms with Crippen LogP contribution in [0.25, 0.3) is 10.1 Å². The number of aryl methyl sites for hydroxylation is 1. The molecule has 0 aliphatic carbocycles. The van der Waals surface area contributed by atoms with Gasteiger partial charge in [-0.05, 0) is 87.7 Å². The monoisotopic (exact) mass is 616 g/mol. The van der Waals surface area contributed by atoms with Crippen LogP contribution in [0.3, 0.4) is 0 Å². The number of piperidine rings is 2. The third-order valence-corrected chi connectivity index (χ3v) is 11.8. The van der Waals surface area contributed by atoms with E-state index in [4.69, 9.17) is 17.3 Å². The Bertz CT molecular complexity index is 1160. The summed E-state index contributed by atoms with van der Waals surface area (Å²) in [5.41, 5.74) is 6.10. The van der Waals surface area contributed by atoms with Gasteiger partial charge in [-0.1, -0.05) is 38.3 Å². The Morgan fingerprint density at radius 3 is 2.15 bits per heavy atom. The number of fused-ring (bicyclic) bond motifs is 1. The number of nitrogens with two attached hydrogens (primary N) is 1. The fourth-order valence-electron chi connectivity index (χ4n) is 5.90. The lowest BCUT2D eigenvalue weighted by molar-refractivity contribution is 0.0683. The molecule has 1 aromatic carbocycles. The molecular weight excluding hydrogens is 568 g/mol. The zero-order valence-electron chi connectivity index (χ0n) is 24.3.